The van der Waals surface area contributed by atoms with E-state index in [9.17, 15) is 4.39 Å². The molecule has 1 aromatic heterocycles. The molecular weight excluding hydrogens is 311 g/mol. The van der Waals surface area contributed by atoms with Crippen molar-refractivity contribution in [1.82, 2.24) is 9.78 Å². The van der Waals surface area contributed by atoms with Crippen molar-refractivity contribution < 1.29 is 9.13 Å². The van der Waals surface area contributed by atoms with Gasteiger partial charge in [-0.2, -0.15) is 5.10 Å². The fourth-order valence-electron chi connectivity index (χ4n) is 2.58. The fourth-order valence-corrected chi connectivity index (χ4v) is 2.58. The number of nitrogens with two attached hydrogens (primary N) is 2. The van der Waals surface area contributed by atoms with Gasteiger partial charge in [0.25, 0.3) is 0 Å². The van der Waals surface area contributed by atoms with Crippen molar-refractivity contribution in [3.63, 3.8) is 0 Å². The molecule has 0 saturated heterocycles. The smallest absolute Gasteiger partial charge is 0.165 e. The highest BCUT2D eigenvalue weighted by molar-refractivity contribution is 5.87. The summed E-state index contributed by atoms with van der Waals surface area (Å²) in [5, 5.41) is 4.39. The maximum atomic E-state index is 13.6. The number of benzene rings is 1. The summed E-state index contributed by atoms with van der Waals surface area (Å²) in [6.45, 7) is 0.815. The van der Waals surface area contributed by atoms with Crippen molar-refractivity contribution in [1.29, 1.82) is 0 Å². The van der Waals surface area contributed by atoms with Crippen LogP contribution in [0.5, 0.6) is 5.75 Å². The maximum Gasteiger partial charge on any atom is 0.165 e. The minimum absolute atomic E-state index is 0.182. The second kappa shape index (κ2) is 6.71. The number of hydrogen-bond donors (Lipinski definition) is 2. The molecule has 8 heteroatoms. The monoisotopic (exact) mass is 330 g/mol. The molecule has 0 amide bonds. The van der Waals surface area contributed by atoms with Crippen molar-refractivity contribution in [2.75, 3.05) is 25.1 Å². The molecule has 1 atom stereocenters. The van der Waals surface area contributed by atoms with Crippen molar-refractivity contribution in [2.24, 2.45) is 16.5 Å². The van der Waals surface area contributed by atoms with Crippen LogP contribution in [0.25, 0.3) is 0 Å². The Morgan fingerprint density at radius 2 is 2.25 bits per heavy atom. The van der Waals surface area contributed by atoms with Crippen LogP contribution in [-0.4, -0.2) is 35.8 Å². The number of methoxy groups -OCH3 is 1. The van der Waals surface area contributed by atoms with Crippen LogP contribution in [0.3, 0.4) is 0 Å². The van der Waals surface area contributed by atoms with Crippen LogP contribution in [0, 0.1) is 5.82 Å². The SMILES string of the molecule is COc1cc(C(CN)n2cc(N3C=CN=C(N)C3)cn2)ccc1F. The van der Waals surface area contributed by atoms with Crippen molar-refractivity contribution >= 4 is 11.5 Å². The summed E-state index contributed by atoms with van der Waals surface area (Å²) < 4.78 is 20.4. The van der Waals surface area contributed by atoms with Gasteiger partial charge in [0.2, 0.25) is 0 Å². The largest absolute Gasteiger partial charge is 0.494 e. The second-order valence-electron chi connectivity index (χ2n) is 5.37. The van der Waals surface area contributed by atoms with Gasteiger partial charge in [0.15, 0.2) is 11.6 Å². The second-order valence-corrected chi connectivity index (χ2v) is 5.37. The lowest BCUT2D eigenvalue weighted by Crippen LogP contribution is -2.32. The van der Waals surface area contributed by atoms with Crippen molar-refractivity contribution in [2.45, 2.75) is 6.04 Å². The van der Waals surface area contributed by atoms with Gasteiger partial charge in [0.1, 0.15) is 5.84 Å². The molecule has 2 aromatic rings. The molecular formula is C16H19FN6O. The van der Waals surface area contributed by atoms with Gasteiger partial charge in [-0.05, 0) is 17.7 Å². The minimum atomic E-state index is -0.411. The third-order valence-corrected chi connectivity index (χ3v) is 3.84. The average Bonchev–Trinajstić information content (AvgIpc) is 3.07. The maximum absolute atomic E-state index is 13.6. The summed E-state index contributed by atoms with van der Waals surface area (Å²) in [7, 11) is 1.43. The summed E-state index contributed by atoms with van der Waals surface area (Å²) in [5.41, 5.74) is 13.4. The molecule has 1 aliphatic rings. The lowest BCUT2D eigenvalue weighted by molar-refractivity contribution is 0.384. The van der Waals surface area contributed by atoms with Crippen LogP contribution < -0.4 is 21.1 Å². The third kappa shape index (κ3) is 3.09. The number of anilines is 1. The highest BCUT2D eigenvalue weighted by atomic mass is 19.1. The molecule has 0 spiro atoms. The van der Waals surface area contributed by atoms with E-state index in [1.807, 2.05) is 17.3 Å². The number of halogens is 1. The number of amidine groups is 1. The zero-order valence-electron chi connectivity index (χ0n) is 13.3. The summed E-state index contributed by atoms with van der Waals surface area (Å²) in [4.78, 5) is 5.95. The molecule has 1 aliphatic heterocycles. The summed E-state index contributed by atoms with van der Waals surface area (Å²) in [6.07, 6.45) is 7.07. The third-order valence-electron chi connectivity index (χ3n) is 3.84. The molecule has 0 aliphatic carbocycles. The molecule has 4 N–H and O–H groups in total. The van der Waals surface area contributed by atoms with Crippen LogP contribution in [0.15, 0.2) is 48.0 Å². The molecule has 0 fully saturated rings. The number of hydrogen-bond acceptors (Lipinski definition) is 6. The van der Waals surface area contributed by atoms with Crippen LogP contribution in [-0.2, 0) is 0 Å². The van der Waals surface area contributed by atoms with E-state index in [0.29, 0.717) is 18.9 Å². The Kier molecular flexibility index (Phi) is 4.48. The Morgan fingerprint density at radius 3 is 2.96 bits per heavy atom. The van der Waals surface area contributed by atoms with Crippen LogP contribution in [0.1, 0.15) is 11.6 Å². The van der Waals surface area contributed by atoms with E-state index in [1.54, 1.807) is 29.2 Å². The normalized spacial score (nSPS) is 15.3. The first-order chi connectivity index (χ1) is 11.6. The van der Waals surface area contributed by atoms with E-state index in [-0.39, 0.29) is 11.8 Å². The summed E-state index contributed by atoms with van der Waals surface area (Å²) in [5.74, 6) is 0.302. The molecule has 0 bridgehead atoms. The quantitative estimate of drug-likeness (QED) is 0.860. The molecule has 3 rings (SSSR count). The number of ether oxygens (including phenoxy) is 1. The summed E-state index contributed by atoms with van der Waals surface area (Å²) in [6, 6.07) is 4.46. The van der Waals surface area contributed by atoms with Gasteiger partial charge in [-0.3, -0.25) is 4.68 Å². The minimum Gasteiger partial charge on any atom is -0.494 e. The van der Waals surface area contributed by atoms with Crippen LogP contribution in [0.4, 0.5) is 10.1 Å². The van der Waals surface area contributed by atoms with Gasteiger partial charge >= 0.3 is 0 Å². The predicted octanol–water partition coefficient (Wildman–Crippen LogP) is 1.23. The van der Waals surface area contributed by atoms with Gasteiger partial charge in [-0.25, -0.2) is 9.38 Å². The standard InChI is InChI=1S/C16H19FN6O/c1-24-15-6-11(2-3-13(15)17)14(7-18)23-9-12(8-21-23)22-5-4-20-16(19)10-22/h2-6,8-9,14H,7,10,18H2,1H3,(H2,19,20). The summed E-state index contributed by atoms with van der Waals surface area (Å²) >= 11 is 0. The Bertz CT molecular complexity index is 785. The first kappa shape index (κ1) is 16.0. The highest BCUT2D eigenvalue weighted by Crippen LogP contribution is 2.26. The van der Waals surface area contributed by atoms with E-state index in [0.717, 1.165) is 11.3 Å². The van der Waals surface area contributed by atoms with Gasteiger partial charge in [-0.1, -0.05) is 6.07 Å². The lowest BCUT2D eigenvalue weighted by Gasteiger charge is -2.20. The zero-order chi connectivity index (χ0) is 17.1. The van der Waals surface area contributed by atoms with Gasteiger partial charge in [0.05, 0.1) is 31.6 Å². The van der Waals surface area contributed by atoms with Gasteiger partial charge < -0.3 is 21.1 Å². The molecule has 0 radical (unpaired) electrons. The Balaban J connectivity index is 1.87. The number of rotatable bonds is 5. The van der Waals surface area contributed by atoms with E-state index in [2.05, 4.69) is 10.1 Å². The number of aliphatic imine (C=N–C) groups is 1. The Labute approximate surface area is 139 Å². The Hall–Kier alpha value is -2.87. The van der Waals surface area contributed by atoms with Crippen LogP contribution >= 0.6 is 0 Å². The molecule has 24 heavy (non-hydrogen) atoms. The lowest BCUT2D eigenvalue weighted by atomic mass is 10.1. The van der Waals surface area contributed by atoms with E-state index in [4.69, 9.17) is 16.2 Å². The number of aromatic nitrogens is 2. The first-order valence-corrected chi connectivity index (χ1v) is 7.45. The topological polar surface area (TPSA) is 94.7 Å². The van der Waals surface area contributed by atoms with E-state index in [1.165, 1.54) is 13.2 Å². The van der Waals surface area contributed by atoms with Gasteiger partial charge in [0, 0.05) is 25.1 Å². The highest BCUT2D eigenvalue weighted by Gasteiger charge is 2.18. The van der Waals surface area contributed by atoms with Crippen molar-refractivity contribution in [3.8, 4) is 5.75 Å². The van der Waals surface area contributed by atoms with E-state index < -0.39 is 5.82 Å². The van der Waals surface area contributed by atoms with Crippen molar-refractivity contribution in [3.05, 3.63) is 54.4 Å². The molecule has 0 saturated carbocycles. The first-order valence-electron chi connectivity index (χ1n) is 7.45. The fraction of sp³-hybridized carbons (Fsp3) is 0.250. The number of nitrogens with zero attached hydrogens (tertiary/aromatic N) is 4. The molecule has 7 nitrogen and oxygen atoms in total. The zero-order valence-corrected chi connectivity index (χ0v) is 13.3. The Morgan fingerprint density at radius 1 is 1.42 bits per heavy atom. The van der Waals surface area contributed by atoms with E-state index >= 15 is 0 Å². The molecule has 1 aromatic carbocycles. The van der Waals surface area contributed by atoms with Crippen LogP contribution in [0.2, 0.25) is 0 Å². The molecule has 2 heterocycles. The van der Waals surface area contributed by atoms with Gasteiger partial charge in [-0.15, -0.1) is 0 Å². The predicted molar refractivity (Wildman–Crippen MR) is 90.5 cm³/mol. The molecule has 1 unspecified atom stereocenters. The molecule has 126 valence electrons. The average molecular weight is 330 g/mol.